The average Bonchev–Trinajstić information content (AvgIpc) is 3.45. The third-order valence-electron chi connectivity index (χ3n) is 5.71. The van der Waals surface area contributed by atoms with E-state index < -0.39 is 0 Å². The van der Waals surface area contributed by atoms with Crippen molar-refractivity contribution in [2.75, 3.05) is 26.3 Å². The number of nitrogens with zero attached hydrogens (tertiary/aromatic N) is 5. The molecule has 2 aromatic rings. The molecule has 0 radical (unpaired) electrons. The lowest BCUT2D eigenvalue weighted by Gasteiger charge is -2.23. The van der Waals surface area contributed by atoms with E-state index in [0.29, 0.717) is 18.4 Å². The van der Waals surface area contributed by atoms with Gasteiger partial charge in [0, 0.05) is 38.2 Å². The van der Waals surface area contributed by atoms with Crippen LogP contribution in [0.15, 0.2) is 22.5 Å². The van der Waals surface area contributed by atoms with Gasteiger partial charge in [0.05, 0.1) is 6.54 Å². The summed E-state index contributed by atoms with van der Waals surface area (Å²) in [5.41, 5.74) is 0. The van der Waals surface area contributed by atoms with E-state index >= 15 is 0 Å². The molecule has 2 aliphatic heterocycles. The van der Waals surface area contributed by atoms with Gasteiger partial charge in [-0.25, -0.2) is 4.99 Å². The van der Waals surface area contributed by atoms with Crippen molar-refractivity contribution in [3.05, 3.63) is 34.0 Å². The second-order valence-corrected chi connectivity index (χ2v) is 8.45. The van der Waals surface area contributed by atoms with Crippen molar-refractivity contribution in [1.82, 2.24) is 25.0 Å². The molecule has 2 aromatic heterocycles. The molecule has 154 valence electrons. The maximum Gasteiger partial charge on any atom is 0.194 e. The van der Waals surface area contributed by atoms with E-state index in [1.165, 1.54) is 17.7 Å². The first-order valence-corrected chi connectivity index (χ1v) is 10.6. The van der Waals surface area contributed by atoms with Crippen LogP contribution in [0.4, 0.5) is 0 Å². The summed E-state index contributed by atoms with van der Waals surface area (Å²) >= 11 is 1.77. The molecule has 0 amide bonds. The molecule has 4 heterocycles. The molecule has 2 saturated heterocycles. The first-order valence-electron chi connectivity index (χ1n) is 9.69. The molecule has 2 unspecified atom stereocenters. The molecule has 0 aromatic carbocycles. The quantitative estimate of drug-likeness (QED) is 0.376. The minimum atomic E-state index is 0. The summed E-state index contributed by atoms with van der Waals surface area (Å²) < 4.78 is 7.60. The van der Waals surface area contributed by atoms with Gasteiger partial charge in [-0.3, -0.25) is 0 Å². The molecule has 9 heteroatoms. The maximum absolute atomic E-state index is 5.60. The highest BCUT2D eigenvalue weighted by Gasteiger charge is 2.33. The van der Waals surface area contributed by atoms with Crippen molar-refractivity contribution in [2.45, 2.75) is 32.9 Å². The number of halogens is 1. The first kappa shape index (κ1) is 21.5. The molecular weight excluding hydrogens is 487 g/mol. The van der Waals surface area contributed by atoms with E-state index in [1.54, 1.807) is 11.3 Å². The van der Waals surface area contributed by atoms with Crippen LogP contribution in [0.1, 0.15) is 29.4 Å². The number of aryl methyl sites for hydroxylation is 1. The smallest absolute Gasteiger partial charge is 0.194 e. The monoisotopic (exact) mass is 516 g/mol. The lowest BCUT2D eigenvalue weighted by molar-refractivity contribution is 0.173. The molecular formula is C19H29IN6OS. The fourth-order valence-corrected chi connectivity index (χ4v) is 4.51. The average molecular weight is 516 g/mol. The molecule has 28 heavy (non-hydrogen) atoms. The Morgan fingerprint density at radius 2 is 2.25 bits per heavy atom. The number of thiophene rings is 1. The number of nitrogens with one attached hydrogen (secondary N) is 1. The van der Waals surface area contributed by atoms with E-state index in [1.807, 2.05) is 18.5 Å². The second kappa shape index (κ2) is 10.0. The molecule has 7 nitrogen and oxygen atoms in total. The number of rotatable bonds is 5. The lowest BCUT2D eigenvalue weighted by Crippen LogP contribution is -2.40. The summed E-state index contributed by atoms with van der Waals surface area (Å²) in [7, 11) is 1.99. The minimum absolute atomic E-state index is 0. The highest BCUT2D eigenvalue weighted by Crippen LogP contribution is 2.30. The number of ether oxygens (including phenoxy) is 1. The third-order valence-corrected chi connectivity index (χ3v) is 6.59. The third kappa shape index (κ3) is 5.04. The summed E-state index contributed by atoms with van der Waals surface area (Å²) in [5.74, 6) is 4.19. The van der Waals surface area contributed by atoms with Gasteiger partial charge >= 0.3 is 0 Å². The van der Waals surface area contributed by atoms with Crippen LogP contribution < -0.4 is 5.32 Å². The highest BCUT2D eigenvalue weighted by molar-refractivity contribution is 14.0. The van der Waals surface area contributed by atoms with Gasteiger partial charge in [0.25, 0.3) is 0 Å². The van der Waals surface area contributed by atoms with Crippen LogP contribution in [0.25, 0.3) is 0 Å². The Kier molecular flexibility index (Phi) is 7.69. The zero-order valence-corrected chi connectivity index (χ0v) is 19.7. The van der Waals surface area contributed by atoms with Crippen LogP contribution in [0.2, 0.25) is 0 Å². The number of hydrogen-bond acceptors (Lipinski definition) is 5. The molecule has 2 fully saturated rings. The Morgan fingerprint density at radius 1 is 1.36 bits per heavy atom. The highest BCUT2D eigenvalue weighted by atomic mass is 127. The Balaban J connectivity index is 0.00000225. The van der Waals surface area contributed by atoms with Gasteiger partial charge in [0.1, 0.15) is 12.4 Å². The van der Waals surface area contributed by atoms with Crippen LogP contribution in [-0.4, -0.2) is 51.9 Å². The topological polar surface area (TPSA) is 67.6 Å². The predicted octanol–water partition coefficient (Wildman–Crippen LogP) is 2.81. The lowest BCUT2D eigenvalue weighted by atomic mass is 9.91. The van der Waals surface area contributed by atoms with Gasteiger partial charge in [0.2, 0.25) is 0 Å². The van der Waals surface area contributed by atoms with Crippen LogP contribution in [0, 0.1) is 18.8 Å². The van der Waals surface area contributed by atoms with Crippen LogP contribution in [0.3, 0.4) is 0 Å². The number of likely N-dealkylation sites (tertiary alicyclic amines) is 1. The van der Waals surface area contributed by atoms with Crippen LogP contribution >= 0.6 is 35.3 Å². The van der Waals surface area contributed by atoms with Crippen LogP contribution in [0.5, 0.6) is 0 Å². The molecule has 4 rings (SSSR count). The van der Waals surface area contributed by atoms with E-state index in [0.717, 1.165) is 50.5 Å². The van der Waals surface area contributed by atoms with Gasteiger partial charge in [-0.05, 0) is 43.0 Å². The van der Waals surface area contributed by atoms with E-state index in [4.69, 9.17) is 9.73 Å². The SMILES string of the molecule is Cc1nnc(CN=C(NCc2cccs2)N2CCC(C3CCOC3)C2)n1C.I. The van der Waals surface area contributed by atoms with Crippen molar-refractivity contribution in [3.63, 3.8) is 0 Å². The molecule has 0 aliphatic carbocycles. The predicted molar refractivity (Wildman–Crippen MR) is 122 cm³/mol. The summed E-state index contributed by atoms with van der Waals surface area (Å²) in [6, 6.07) is 4.25. The van der Waals surface area contributed by atoms with Gasteiger partial charge in [-0.2, -0.15) is 0 Å². The normalized spacial score (nSPS) is 22.5. The van der Waals surface area contributed by atoms with Crippen molar-refractivity contribution in [2.24, 2.45) is 23.9 Å². The number of aliphatic imine (C=N–C) groups is 1. The Bertz CT molecular complexity index is 771. The minimum Gasteiger partial charge on any atom is -0.381 e. The Morgan fingerprint density at radius 3 is 2.93 bits per heavy atom. The van der Waals surface area contributed by atoms with Gasteiger partial charge < -0.3 is 19.5 Å². The second-order valence-electron chi connectivity index (χ2n) is 7.41. The van der Waals surface area contributed by atoms with Crippen molar-refractivity contribution in [1.29, 1.82) is 0 Å². The largest absolute Gasteiger partial charge is 0.381 e. The van der Waals surface area contributed by atoms with Crippen molar-refractivity contribution < 1.29 is 4.74 Å². The van der Waals surface area contributed by atoms with Crippen molar-refractivity contribution in [3.8, 4) is 0 Å². The maximum atomic E-state index is 5.60. The first-order chi connectivity index (χ1) is 13.2. The molecule has 2 atom stereocenters. The number of hydrogen-bond donors (Lipinski definition) is 1. The molecule has 0 spiro atoms. The van der Waals surface area contributed by atoms with Gasteiger partial charge in [-0.15, -0.1) is 45.5 Å². The summed E-state index contributed by atoms with van der Waals surface area (Å²) in [4.78, 5) is 8.61. The van der Waals surface area contributed by atoms with Gasteiger partial charge in [0.15, 0.2) is 11.8 Å². The number of aromatic nitrogens is 3. The van der Waals surface area contributed by atoms with E-state index in [-0.39, 0.29) is 24.0 Å². The molecule has 0 bridgehead atoms. The molecule has 2 aliphatic rings. The fraction of sp³-hybridized carbons (Fsp3) is 0.632. The van der Waals surface area contributed by atoms with Gasteiger partial charge in [-0.1, -0.05) is 6.07 Å². The van der Waals surface area contributed by atoms with E-state index in [9.17, 15) is 0 Å². The van der Waals surface area contributed by atoms with Crippen molar-refractivity contribution >= 4 is 41.3 Å². The Hall–Kier alpha value is -1.20. The van der Waals surface area contributed by atoms with E-state index in [2.05, 4.69) is 37.9 Å². The summed E-state index contributed by atoms with van der Waals surface area (Å²) in [5, 5.41) is 14.1. The fourth-order valence-electron chi connectivity index (χ4n) is 3.87. The molecule has 1 N–H and O–H groups in total. The number of guanidine groups is 1. The zero-order valence-electron chi connectivity index (χ0n) is 16.5. The Labute approximate surface area is 187 Å². The zero-order chi connectivity index (χ0) is 18.6. The summed E-state index contributed by atoms with van der Waals surface area (Å²) in [6.07, 6.45) is 2.42. The standard InChI is InChI=1S/C19H28N6OS.HI/c1-14-22-23-18(24(14)2)11-21-19(20-10-17-4-3-9-27-17)25-7-5-15(12-25)16-6-8-26-13-16;/h3-4,9,15-16H,5-8,10-13H2,1-2H3,(H,20,21);1H. The van der Waals surface area contributed by atoms with Crippen LogP contribution in [-0.2, 0) is 24.9 Å². The summed E-state index contributed by atoms with van der Waals surface area (Å²) in [6.45, 7) is 7.26. The molecule has 0 saturated carbocycles.